The number of nitrogens with one attached hydrogen (secondary N) is 1. The van der Waals surface area contributed by atoms with E-state index in [1.807, 2.05) is 7.05 Å². The van der Waals surface area contributed by atoms with Gasteiger partial charge in [0.1, 0.15) is 5.82 Å². The molecule has 0 saturated carbocycles. The van der Waals surface area contributed by atoms with Gasteiger partial charge in [-0.3, -0.25) is 0 Å². The fourth-order valence-electron chi connectivity index (χ4n) is 1.86. The van der Waals surface area contributed by atoms with Crippen molar-refractivity contribution in [3.63, 3.8) is 0 Å². The van der Waals surface area contributed by atoms with E-state index in [1.54, 1.807) is 12.1 Å². The molecular weight excluding hydrogens is 239 g/mol. The van der Waals surface area contributed by atoms with Crippen LogP contribution in [0.4, 0.5) is 15.8 Å². The molecule has 0 unspecified atom stereocenters. The van der Waals surface area contributed by atoms with E-state index in [-0.39, 0.29) is 5.82 Å². The largest absolute Gasteiger partial charge is 0.383 e. The van der Waals surface area contributed by atoms with Crippen LogP contribution >= 0.6 is 0 Å². The van der Waals surface area contributed by atoms with Crippen LogP contribution in [-0.4, -0.2) is 20.1 Å². The van der Waals surface area contributed by atoms with Crippen molar-refractivity contribution in [1.29, 1.82) is 0 Å². The van der Waals surface area contributed by atoms with Crippen LogP contribution in [0.2, 0.25) is 0 Å². The van der Waals surface area contributed by atoms with Crippen LogP contribution in [0, 0.1) is 12.7 Å². The van der Waals surface area contributed by atoms with Gasteiger partial charge in [0.2, 0.25) is 0 Å². The number of nitrogens with zero attached hydrogens (tertiary/aromatic N) is 1. The predicted octanol–water partition coefficient (Wildman–Crippen LogP) is 3.68. The first-order valence-electron chi connectivity index (χ1n) is 6.42. The number of aryl methyl sites for hydroxylation is 1. The molecule has 2 rings (SSSR count). The second-order valence-corrected chi connectivity index (χ2v) is 4.69. The van der Waals surface area contributed by atoms with Gasteiger partial charge in [0.15, 0.2) is 0 Å². The van der Waals surface area contributed by atoms with Crippen molar-refractivity contribution in [2.24, 2.45) is 0 Å². The molecule has 0 aromatic heterocycles. The third-order valence-corrected chi connectivity index (χ3v) is 3.10. The Balaban J connectivity index is 1.82. The highest BCUT2D eigenvalue weighted by molar-refractivity contribution is 5.47. The molecule has 3 heteroatoms. The van der Waals surface area contributed by atoms with Gasteiger partial charge < -0.3 is 10.2 Å². The van der Waals surface area contributed by atoms with E-state index in [4.69, 9.17) is 0 Å². The molecular formula is C16H19FN2. The quantitative estimate of drug-likeness (QED) is 0.880. The molecule has 0 aliphatic rings. The summed E-state index contributed by atoms with van der Waals surface area (Å²) in [5.74, 6) is -0.199. The lowest BCUT2D eigenvalue weighted by Crippen LogP contribution is -2.24. The molecule has 0 aliphatic heterocycles. The maximum atomic E-state index is 12.8. The summed E-state index contributed by atoms with van der Waals surface area (Å²) in [6, 6.07) is 14.9. The first-order chi connectivity index (χ1) is 9.15. The highest BCUT2D eigenvalue weighted by Gasteiger charge is 2.00. The van der Waals surface area contributed by atoms with Crippen LogP contribution in [0.15, 0.2) is 48.5 Å². The summed E-state index contributed by atoms with van der Waals surface area (Å²) in [6.07, 6.45) is 0. The van der Waals surface area contributed by atoms with E-state index in [1.165, 1.54) is 17.7 Å². The lowest BCUT2D eigenvalue weighted by molar-refractivity contribution is 0.627. The molecule has 2 aromatic rings. The smallest absolute Gasteiger partial charge is 0.123 e. The molecule has 0 heterocycles. The maximum absolute atomic E-state index is 12.8. The average Bonchev–Trinajstić information content (AvgIpc) is 2.41. The van der Waals surface area contributed by atoms with E-state index in [0.29, 0.717) is 0 Å². The van der Waals surface area contributed by atoms with E-state index >= 15 is 0 Å². The summed E-state index contributed by atoms with van der Waals surface area (Å²) in [7, 11) is 2.00. The zero-order chi connectivity index (χ0) is 13.7. The molecule has 0 spiro atoms. The van der Waals surface area contributed by atoms with E-state index < -0.39 is 0 Å². The maximum Gasteiger partial charge on any atom is 0.123 e. The van der Waals surface area contributed by atoms with Gasteiger partial charge in [-0.25, -0.2) is 4.39 Å². The van der Waals surface area contributed by atoms with Crippen LogP contribution in [0.25, 0.3) is 0 Å². The number of hydrogen-bond acceptors (Lipinski definition) is 2. The van der Waals surface area contributed by atoms with E-state index in [9.17, 15) is 4.39 Å². The Labute approximate surface area is 113 Å². The highest BCUT2D eigenvalue weighted by atomic mass is 19.1. The molecule has 2 aromatic carbocycles. The molecule has 0 aliphatic carbocycles. The molecule has 0 bridgehead atoms. The third kappa shape index (κ3) is 3.98. The SMILES string of the molecule is Cc1ccc(NCCN(C)c2ccc(F)cc2)cc1. The Morgan fingerprint density at radius 2 is 1.63 bits per heavy atom. The Hall–Kier alpha value is -2.03. The first kappa shape index (κ1) is 13.4. The van der Waals surface area contributed by atoms with Gasteiger partial charge in [0.25, 0.3) is 0 Å². The fraction of sp³-hybridized carbons (Fsp3) is 0.250. The molecule has 0 amide bonds. The lowest BCUT2D eigenvalue weighted by atomic mass is 10.2. The van der Waals surface area contributed by atoms with E-state index in [0.717, 1.165) is 24.5 Å². The van der Waals surface area contributed by atoms with E-state index in [2.05, 4.69) is 41.4 Å². The first-order valence-corrected chi connectivity index (χ1v) is 6.42. The number of halogens is 1. The molecule has 0 saturated heterocycles. The number of hydrogen-bond donors (Lipinski definition) is 1. The summed E-state index contributed by atoms with van der Waals surface area (Å²) in [4.78, 5) is 2.10. The molecule has 0 radical (unpaired) electrons. The molecule has 0 atom stereocenters. The van der Waals surface area contributed by atoms with Crippen molar-refractivity contribution in [1.82, 2.24) is 0 Å². The summed E-state index contributed by atoms with van der Waals surface area (Å²) >= 11 is 0. The van der Waals surface area contributed by atoms with Gasteiger partial charge in [-0.15, -0.1) is 0 Å². The average molecular weight is 258 g/mol. The van der Waals surface area contributed by atoms with Crippen molar-refractivity contribution in [3.05, 3.63) is 59.9 Å². The van der Waals surface area contributed by atoms with Gasteiger partial charge in [-0.05, 0) is 43.3 Å². The summed E-state index contributed by atoms with van der Waals surface area (Å²) in [5, 5.41) is 3.37. The standard InChI is InChI=1S/C16H19FN2/c1-13-3-7-15(8-4-13)18-11-12-19(2)16-9-5-14(17)6-10-16/h3-10,18H,11-12H2,1-2H3. The van der Waals surface area contributed by atoms with Gasteiger partial charge in [0.05, 0.1) is 0 Å². The van der Waals surface area contributed by atoms with Crippen LogP contribution in [-0.2, 0) is 0 Å². The van der Waals surface area contributed by atoms with Gasteiger partial charge >= 0.3 is 0 Å². The minimum Gasteiger partial charge on any atom is -0.383 e. The van der Waals surface area contributed by atoms with Crippen molar-refractivity contribution >= 4 is 11.4 Å². The monoisotopic (exact) mass is 258 g/mol. The Kier molecular flexibility index (Phi) is 4.39. The van der Waals surface area contributed by atoms with Crippen molar-refractivity contribution < 1.29 is 4.39 Å². The molecule has 100 valence electrons. The van der Waals surface area contributed by atoms with Crippen LogP contribution in [0.3, 0.4) is 0 Å². The summed E-state index contributed by atoms with van der Waals surface area (Å²) < 4.78 is 12.8. The molecule has 19 heavy (non-hydrogen) atoms. The van der Waals surface area contributed by atoms with Crippen LogP contribution in [0.5, 0.6) is 0 Å². The Bertz CT molecular complexity index is 505. The number of likely N-dealkylation sites (N-methyl/N-ethyl adjacent to an activating group) is 1. The highest BCUT2D eigenvalue weighted by Crippen LogP contribution is 2.13. The van der Waals surface area contributed by atoms with Crippen LogP contribution in [0.1, 0.15) is 5.56 Å². The van der Waals surface area contributed by atoms with Gasteiger partial charge in [-0.1, -0.05) is 17.7 Å². The molecule has 1 N–H and O–H groups in total. The normalized spacial score (nSPS) is 10.3. The zero-order valence-corrected chi connectivity index (χ0v) is 11.4. The predicted molar refractivity (Wildman–Crippen MR) is 79.3 cm³/mol. The Morgan fingerprint density at radius 1 is 1.00 bits per heavy atom. The topological polar surface area (TPSA) is 15.3 Å². The van der Waals surface area contributed by atoms with Crippen molar-refractivity contribution in [2.45, 2.75) is 6.92 Å². The lowest BCUT2D eigenvalue weighted by Gasteiger charge is -2.19. The number of rotatable bonds is 5. The zero-order valence-electron chi connectivity index (χ0n) is 11.4. The molecule has 0 fully saturated rings. The third-order valence-electron chi connectivity index (χ3n) is 3.10. The number of anilines is 2. The molecule has 2 nitrogen and oxygen atoms in total. The fourth-order valence-corrected chi connectivity index (χ4v) is 1.86. The van der Waals surface area contributed by atoms with Crippen LogP contribution < -0.4 is 10.2 Å². The minimum absolute atomic E-state index is 0.199. The Morgan fingerprint density at radius 3 is 2.26 bits per heavy atom. The summed E-state index contributed by atoms with van der Waals surface area (Å²) in [5.41, 5.74) is 3.40. The summed E-state index contributed by atoms with van der Waals surface area (Å²) in [6.45, 7) is 3.78. The second kappa shape index (κ2) is 6.23. The van der Waals surface area contributed by atoms with Gasteiger partial charge in [-0.2, -0.15) is 0 Å². The van der Waals surface area contributed by atoms with Gasteiger partial charge in [0, 0.05) is 31.5 Å². The number of benzene rings is 2. The van der Waals surface area contributed by atoms with Crippen molar-refractivity contribution in [3.8, 4) is 0 Å². The van der Waals surface area contributed by atoms with Crippen molar-refractivity contribution in [2.75, 3.05) is 30.4 Å². The minimum atomic E-state index is -0.199. The second-order valence-electron chi connectivity index (χ2n) is 4.69.